The van der Waals surface area contributed by atoms with Gasteiger partial charge in [-0.2, -0.15) is 0 Å². The first-order chi connectivity index (χ1) is 16.5. The Balaban J connectivity index is 1.35. The lowest BCUT2D eigenvalue weighted by atomic mass is 10.1. The average Bonchev–Trinajstić information content (AvgIpc) is 3.53. The van der Waals surface area contributed by atoms with E-state index in [4.69, 9.17) is 18.6 Å². The highest BCUT2D eigenvalue weighted by Crippen LogP contribution is 2.37. The first-order valence-corrected chi connectivity index (χ1v) is 10.3. The number of para-hydroxylation sites is 1. The van der Waals surface area contributed by atoms with Gasteiger partial charge in [0, 0.05) is 17.0 Å². The number of Topliss-reactive ketones (excluding diaryl/α,β-unsaturated/α-hetero) is 1. The van der Waals surface area contributed by atoms with Crippen LogP contribution in [0, 0.1) is 0 Å². The van der Waals surface area contributed by atoms with Gasteiger partial charge in [-0.3, -0.25) is 9.59 Å². The van der Waals surface area contributed by atoms with Crippen LogP contribution in [0.2, 0.25) is 0 Å². The number of aromatic nitrogens is 1. The standard InChI is InChI=1S/C25H18N2O7/c1-14(28)16-10-22-23(34-13-33-22)11-19(16)27-24(29)12-32-25(30)17-9-20(21-7-4-8-31-21)26-18-6-3-2-5-15(17)18/h2-11H,12-13H2,1H3,(H,27,29). The molecule has 1 amide bonds. The van der Waals surface area contributed by atoms with Crippen LogP contribution in [-0.2, 0) is 9.53 Å². The molecule has 0 fully saturated rings. The van der Waals surface area contributed by atoms with Gasteiger partial charge in [-0.25, -0.2) is 9.78 Å². The van der Waals surface area contributed by atoms with Crippen LogP contribution in [0.5, 0.6) is 11.5 Å². The Labute approximate surface area is 193 Å². The van der Waals surface area contributed by atoms with Crippen LogP contribution in [0.15, 0.2) is 65.3 Å². The number of amides is 1. The molecule has 0 atom stereocenters. The predicted molar refractivity (Wildman–Crippen MR) is 121 cm³/mol. The number of nitrogens with one attached hydrogen (secondary N) is 1. The predicted octanol–water partition coefficient (Wildman–Crippen LogP) is 4.22. The average molecular weight is 458 g/mol. The second kappa shape index (κ2) is 8.70. The molecule has 3 heterocycles. The van der Waals surface area contributed by atoms with Crippen molar-refractivity contribution in [2.24, 2.45) is 0 Å². The number of pyridine rings is 1. The van der Waals surface area contributed by atoms with Crippen molar-refractivity contribution < 1.29 is 33.0 Å². The van der Waals surface area contributed by atoms with Gasteiger partial charge >= 0.3 is 5.97 Å². The minimum atomic E-state index is -0.695. The lowest BCUT2D eigenvalue weighted by Crippen LogP contribution is -2.22. The Morgan fingerprint density at radius 1 is 1.00 bits per heavy atom. The Bertz CT molecular complexity index is 1430. The van der Waals surface area contributed by atoms with Crippen LogP contribution in [-0.4, -0.2) is 36.0 Å². The number of carbonyl (C=O) groups is 3. The third-order valence-corrected chi connectivity index (χ3v) is 5.21. The van der Waals surface area contributed by atoms with Gasteiger partial charge in [0.1, 0.15) is 5.69 Å². The molecule has 0 radical (unpaired) electrons. The van der Waals surface area contributed by atoms with E-state index in [-0.39, 0.29) is 29.4 Å². The zero-order valence-electron chi connectivity index (χ0n) is 18.0. The number of fused-ring (bicyclic) bond motifs is 2. The summed E-state index contributed by atoms with van der Waals surface area (Å²) in [7, 11) is 0. The molecule has 170 valence electrons. The maximum absolute atomic E-state index is 12.9. The van der Waals surface area contributed by atoms with Gasteiger partial charge in [0.25, 0.3) is 5.91 Å². The summed E-state index contributed by atoms with van der Waals surface area (Å²) in [5.74, 6) is -0.243. The fourth-order valence-electron chi connectivity index (χ4n) is 3.63. The normalized spacial score (nSPS) is 11.9. The van der Waals surface area contributed by atoms with Crippen molar-refractivity contribution in [1.29, 1.82) is 0 Å². The smallest absolute Gasteiger partial charge is 0.339 e. The molecule has 1 aliphatic heterocycles. The van der Waals surface area contributed by atoms with E-state index < -0.39 is 18.5 Å². The minimum absolute atomic E-state index is 0.0293. The lowest BCUT2D eigenvalue weighted by molar-refractivity contribution is -0.119. The Morgan fingerprint density at radius 3 is 2.56 bits per heavy atom. The third kappa shape index (κ3) is 4.06. The number of carbonyl (C=O) groups excluding carboxylic acids is 3. The molecule has 2 aromatic carbocycles. The topological polar surface area (TPSA) is 117 Å². The molecule has 2 aromatic heterocycles. The van der Waals surface area contributed by atoms with Crippen LogP contribution in [0.1, 0.15) is 27.6 Å². The summed E-state index contributed by atoms with van der Waals surface area (Å²) in [6.07, 6.45) is 1.51. The maximum atomic E-state index is 12.9. The Morgan fingerprint density at radius 2 is 1.79 bits per heavy atom. The van der Waals surface area contributed by atoms with Crippen molar-refractivity contribution in [2.75, 3.05) is 18.7 Å². The summed E-state index contributed by atoms with van der Waals surface area (Å²) in [6.45, 7) is 0.845. The fraction of sp³-hybridized carbons (Fsp3) is 0.120. The molecular weight excluding hydrogens is 440 g/mol. The van der Waals surface area contributed by atoms with Crippen LogP contribution in [0.25, 0.3) is 22.4 Å². The van der Waals surface area contributed by atoms with Gasteiger partial charge in [0.2, 0.25) is 6.79 Å². The quantitative estimate of drug-likeness (QED) is 0.337. The summed E-state index contributed by atoms with van der Waals surface area (Å²) in [4.78, 5) is 42.0. The van der Waals surface area contributed by atoms with Gasteiger partial charge in [0.15, 0.2) is 29.6 Å². The SMILES string of the molecule is CC(=O)c1cc2c(cc1NC(=O)COC(=O)c1cc(-c3ccco3)nc3ccccc13)OCO2. The summed E-state index contributed by atoms with van der Waals surface area (Å²) in [5.41, 5.74) is 1.79. The zero-order valence-corrected chi connectivity index (χ0v) is 18.0. The van der Waals surface area contributed by atoms with Crippen molar-refractivity contribution in [3.63, 3.8) is 0 Å². The zero-order chi connectivity index (χ0) is 23.7. The molecule has 9 nitrogen and oxygen atoms in total. The second-order valence-electron chi connectivity index (χ2n) is 7.48. The van der Waals surface area contributed by atoms with Gasteiger partial charge < -0.3 is 23.9 Å². The molecule has 34 heavy (non-hydrogen) atoms. The number of hydrogen-bond donors (Lipinski definition) is 1. The van der Waals surface area contributed by atoms with Crippen molar-refractivity contribution >= 4 is 34.3 Å². The molecule has 0 unspecified atom stereocenters. The first kappa shape index (κ1) is 21.2. The van der Waals surface area contributed by atoms with E-state index in [2.05, 4.69) is 10.3 Å². The van der Waals surface area contributed by atoms with Gasteiger partial charge in [0.05, 0.1) is 23.0 Å². The third-order valence-electron chi connectivity index (χ3n) is 5.21. The van der Waals surface area contributed by atoms with Crippen LogP contribution in [0.3, 0.4) is 0 Å². The molecule has 1 aliphatic rings. The molecule has 1 N–H and O–H groups in total. The lowest BCUT2D eigenvalue weighted by Gasteiger charge is -2.12. The van der Waals surface area contributed by atoms with Crippen molar-refractivity contribution in [2.45, 2.75) is 6.92 Å². The molecule has 0 saturated carbocycles. The molecule has 4 aromatic rings. The van der Waals surface area contributed by atoms with Crippen molar-refractivity contribution in [3.8, 4) is 23.0 Å². The summed E-state index contributed by atoms with van der Waals surface area (Å²) < 4.78 is 21.3. The Kier molecular flexibility index (Phi) is 5.43. The number of anilines is 1. The fourth-order valence-corrected chi connectivity index (χ4v) is 3.63. The van der Waals surface area contributed by atoms with Crippen LogP contribution < -0.4 is 14.8 Å². The largest absolute Gasteiger partial charge is 0.463 e. The number of ether oxygens (including phenoxy) is 3. The summed E-state index contributed by atoms with van der Waals surface area (Å²) in [5, 5.41) is 3.18. The monoisotopic (exact) mass is 458 g/mol. The number of furan rings is 1. The van der Waals surface area contributed by atoms with E-state index in [1.54, 1.807) is 36.4 Å². The van der Waals surface area contributed by atoms with Crippen LogP contribution in [0.4, 0.5) is 5.69 Å². The number of ketones is 1. The van der Waals surface area contributed by atoms with E-state index in [0.29, 0.717) is 33.9 Å². The van der Waals surface area contributed by atoms with E-state index in [1.807, 2.05) is 6.07 Å². The Hall–Kier alpha value is -4.66. The molecule has 5 rings (SSSR count). The summed E-state index contributed by atoms with van der Waals surface area (Å²) in [6, 6.07) is 15.1. The highest BCUT2D eigenvalue weighted by atomic mass is 16.7. The van der Waals surface area contributed by atoms with Crippen molar-refractivity contribution in [3.05, 3.63) is 72.0 Å². The molecule has 0 spiro atoms. The molecular formula is C25H18N2O7. The highest BCUT2D eigenvalue weighted by molar-refractivity contribution is 6.07. The van der Waals surface area contributed by atoms with Crippen molar-refractivity contribution in [1.82, 2.24) is 4.98 Å². The van der Waals surface area contributed by atoms with E-state index in [0.717, 1.165) is 0 Å². The molecule has 0 aliphatic carbocycles. The van der Waals surface area contributed by atoms with Crippen LogP contribution >= 0.6 is 0 Å². The van der Waals surface area contributed by atoms with E-state index in [9.17, 15) is 14.4 Å². The number of hydrogen-bond acceptors (Lipinski definition) is 8. The maximum Gasteiger partial charge on any atom is 0.339 e. The molecule has 0 bridgehead atoms. The second-order valence-corrected chi connectivity index (χ2v) is 7.48. The van der Waals surface area contributed by atoms with Gasteiger partial charge in [-0.15, -0.1) is 0 Å². The van der Waals surface area contributed by atoms with Gasteiger partial charge in [-0.05, 0) is 37.3 Å². The van der Waals surface area contributed by atoms with Gasteiger partial charge in [-0.1, -0.05) is 18.2 Å². The molecule has 0 saturated heterocycles. The summed E-state index contributed by atoms with van der Waals surface area (Å²) >= 11 is 0. The van der Waals surface area contributed by atoms with E-state index in [1.165, 1.54) is 25.3 Å². The molecule has 9 heteroatoms. The first-order valence-electron chi connectivity index (χ1n) is 10.3. The number of esters is 1. The number of benzene rings is 2. The van der Waals surface area contributed by atoms with E-state index >= 15 is 0 Å². The minimum Gasteiger partial charge on any atom is -0.463 e. The highest BCUT2D eigenvalue weighted by Gasteiger charge is 2.22. The number of nitrogens with zero attached hydrogens (tertiary/aromatic N) is 1. The number of rotatable bonds is 6.